The van der Waals surface area contributed by atoms with Crippen LogP contribution in [0.3, 0.4) is 0 Å². The Morgan fingerprint density at radius 3 is 3.06 bits per heavy atom. The van der Waals surface area contributed by atoms with Gasteiger partial charge < -0.3 is 15.5 Å². The molecule has 0 aromatic rings. The summed E-state index contributed by atoms with van der Waals surface area (Å²) in [6.45, 7) is 1.45. The average molecular weight is 224 g/mol. The van der Waals surface area contributed by atoms with E-state index in [0.717, 1.165) is 18.3 Å². The quantitative estimate of drug-likeness (QED) is 0.517. The number of likely N-dealkylation sites (N-methyl/N-ethyl adjacent to an activating group) is 1. The van der Waals surface area contributed by atoms with Gasteiger partial charge in [-0.2, -0.15) is 0 Å². The molecule has 0 aromatic heterocycles. The lowest BCUT2D eigenvalue weighted by atomic mass is 10.2. The molecule has 0 saturated carbocycles. The van der Waals surface area contributed by atoms with E-state index in [1.165, 1.54) is 0 Å². The van der Waals surface area contributed by atoms with Gasteiger partial charge in [0.25, 0.3) is 6.20 Å². The van der Waals surface area contributed by atoms with Gasteiger partial charge in [0.2, 0.25) is 0 Å². The predicted octanol–water partition coefficient (Wildman–Crippen LogP) is 0.256. The summed E-state index contributed by atoms with van der Waals surface area (Å²) in [5.41, 5.74) is 1.08. The van der Waals surface area contributed by atoms with E-state index in [1.54, 1.807) is 7.05 Å². The van der Waals surface area contributed by atoms with E-state index >= 15 is 0 Å². The molecule has 6 nitrogen and oxygen atoms in total. The van der Waals surface area contributed by atoms with Gasteiger partial charge >= 0.3 is 0 Å². The van der Waals surface area contributed by atoms with E-state index in [9.17, 15) is 10.1 Å². The third-order valence-corrected chi connectivity index (χ3v) is 2.10. The number of nitrogens with zero attached hydrogens (tertiary/aromatic N) is 2. The van der Waals surface area contributed by atoms with Crippen LogP contribution < -0.4 is 10.6 Å². The molecule has 0 saturated heterocycles. The summed E-state index contributed by atoms with van der Waals surface area (Å²) in [6, 6.07) is 0. The molecule has 88 valence electrons. The SMILES string of the molecule is CNC(=C[N+](=O)[O-])NCC1=CN(C)CC=C1. The first kappa shape index (κ1) is 12.1. The minimum Gasteiger partial charge on any atom is -0.376 e. The summed E-state index contributed by atoms with van der Waals surface area (Å²) in [5.74, 6) is 0.396. The second-order valence-corrected chi connectivity index (χ2v) is 3.48. The van der Waals surface area contributed by atoms with E-state index in [1.807, 2.05) is 30.3 Å². The fourth-order valence-electron chi connectivity index (χ4n) is 1.36. The van der Waals surface area contributed by atoms with Crippen molar-refractivity contribution in [3.05, 3.63) is 46.1 Å². The van der Waals surface area contributed by atoms with Crippen molar-refractivity contribution < 1.29 is 4.92 Å². The van der Waals surface area contributed by atoms with Gasteiger partial charge in [-0.1, -0.05) is 12.2 Å². The molecule has 0 atom stereocenters. The van der Waals surface area contributed by atoms with E-state index in [4.69, 9.17) is 0 Å². The molecule has 0 radical (unpaired) electrons. The van der Waals surface area contributed by atoms with Gasteiger partial charge in [-0.25, -0.2) is 0 Å². The Hall–Kier alpha value is -1.98. The van der Waals surface area contributed by atoms with E-state index < -0.39 is 4.92 Å². The second kappa shape index (κ2) is 5.79. The Labute approximate surface area is 94.5 Å². The Kier molecular flexibility index (Phi) is 4.38. The Balaban J connectivity index is 2.50. The molecule has 0 spiro atoms. The van der Waals surface area contributed by atoms with E-state index in [2.05, 4.69) is 10.6 Å². The first-order valence-corrected chi connectivity index (χ1v) is 4.96. The molecule has 1 heterocycles. The molecule has 1 aliphatic heterocycles. The zero-order chi connectivity index (χ0) is 12.0. The van der Waals surface area contributed by atoms with Gasteiger partial charge in [-0.15, -0.1) is 0 Å². The highest BCUT2D eigenvalue weighted by atomic mass is 16.6. The number of hydrogen-bond donors (Lipinski definition) is 2. The zero-order valence-electron chi connectivity index (χ0n) is 9.43. The minimum absolute atomic E-state index is 0.396. The maximum Gasteiger partial charge on any atom is 0.274 e. The summed E-state index contributed by atoms with van der Waals surface area (Å²) >= 11 is 0. The average Bonchev–Trinajstić information content (AvgIpc) is 2.24. The Bertz CT molecular complexity index is 347. The molecular formula is C10H16N4O2. The lowest BCUT2D eigenvalue weighted by Crippen LogP contribution is -2.27. The van der Waals surface area contributed by atoms with Crippen molar-refractivity contribution in [3.63, 3.8) is 0 Å². The van der Waals surface area contributed by atoms with E-state index in [-0.39, 0.29) is 0 Å². The zero-order valence-corrected chi connectivity index (χ0v) is 9.43. The van der Waals surface area contributed by atoms with Gasteiger partial charge in [-0.3, -0.25) is 10.1 Å². The maximum atomic E-state index is 10.3. The van der Waals surface area contributed by atoms with Crippen LogP contribution in [0.2, 0.25) is 0 Å². The maximum absolute atomic E-state index is 10.3. The van der Waals surface area contributed by atoms with Gasteiger partial charge in [0, 0.05) is 33.4 Å². The molecule has 1 rings (SSSR count). The highest BCUT2D eigenvalue weighted by molar-refractivity contribution is 5.24. The number of nitro groups is 1. The van der Waals surface area contributed by atoms with Crippen LogP contribution in [0.1, 0.15) is 0 Å². The lowest BCUT2D eigenvalue weighted by molar-refractivity contribution is -0.404. The normalized spacial score (nSPS) is 15.8. The van der Waals surface area contributed by atoms with Crippen LogP contribution in [0.25, 0.3) is 0 Å². The summed E-state index contributed by atoms with van der Waals surface area (Å²) in [5, 5.41) is 16.0. The summed E-state index contributed by atoms with van der Waals surface area (Å²) < 4.78 is 0. The van der Waals surface area contributed by atoms with Crippen molar-refractivity contribution in [3.8, 4) is 0 Å². The van der Waals surface area contributed by atoms with Crippen molar-refractivity contribution in [2.24, 2.45) is 0 Å². The fourth-order valence-corrected chi connectivity index (χ4v) is 1.36. The van der Waals surface area contributed by atoms with Crippen LogP contribution >= 0.6 is 0 Å². The van der Waals surface area contributed by atoms with Crippen LogP contribution in [-0.4, -0.2) is 37.0 Å². The molecule has 0 aliphatic carbocycles. The van der Waals surface area contributed by atoms with Crippen molar-refractivity contribution in [1.82, 2.24) is 15.5 Å². The molecule has 0 bridgehead atoms. The van der Waals surface area contributed by atoms with Crippen molar-refractivity contribution in [1.29, 1.82) is 0 Å². The van der Waals surface area contributed by atoms with E-state index in [0.29, 0.717) is 12.4 Å². The molecule has 0 amide bonds. The summed E-state index contributed by atoms with van der Waals surface area (Å²) in [4.78, 5) is 11.8. The van der Waals surface area contributed by atoms with Gasteiger partial charge in [0.1, 0.15) is 0 Å². The smallest absolute Gasteiger partial charge is 0.274 e. The topological polar surface area (TPSA) is 70.4 Å². The molecule has 0 fully saturated rings. The first-order valence-electron chi connectivity index (χ1n) is 4.96. The standard InChI is InChI=1S/C10H16N4O2/c1-11-10(8-14(15)16)12-6-9-4-3-5-13(2)7-9/h3-4,7-8,11-12H,5-6H2,1-2H3. The van der Waals surface area contributed by atoms with Crippen LogP contribution in [0.4, 0.5) is 0 Å². The van der Waals surface area contributed by atoms with Crippen molar-refractivity contribution in [2.75, 3.05) is 27.2 Å². The monoisotopic (exact) mass is 224 g/mol. The molecule has 0 unspecified atom stereocenters. The number of nitrogens with one attached hydrogen (secondary N) is 2. The molecule has 1 aliphatic rings. The van der Waals surface area contributed by atoms with Crippen LogP contribution in [0, 0.1) is 10.1 Å². The molecule has 6 heteroatoms. The predicted molar refractivity (Wildman–Crippen MR) is 62.0 cm³/mol. The van der Waals surface area contributed by atoms with Crippen LogP contribution in [0.15, 0.2) is 35.9 Å². The largest absolute Gasteiger partial charge is 0.376 e. The molecule has 16 heavy (non-hydrogen) atoms. The lowest BCUT2D eigenvalue weighted by Gasteiger charge is -2.18. The summed E-state index contributed by atoms with van der Waals surface area (Å²) in [6.07, 6.45) is 6.98. The van der Waals surface area contributed by atoms with Gasteiger partial charge in [0.15, 0.2) is 5.82 Å². The van der Waals surface area contributed by atoms with Crippen LogP contribution in [0.5, 0.6) is 0 Å². The Morgan fingerprint density at radius 1 is 1.75 bits per heavy atom. The Morgan fingerprint density at radius 2 is 2.50 bits per heavy atom. The summed E-state index contributed by atoms with van der Waals surface area (Å²) in [7, 11) is 3.62. The highest BCUT2D eigenvalue weighted by Gasteiger charge is 2.03. The number of rotatable bonds is 5. The highest BCUT2D eigenvalue weighted by Crippen LogP contribution is 2.04. The number of hydrogen-bond acceptors (Lipinski definition) is 5. The molecule has 0 aromatic carbocycles. The molecular weight excluding hydrogens is 208 g/mol. The van der Waals surface area contributed by atoms with Crippen molar-refractivity contribution >= 4 is 0 Å². The molecule has 2 N–H and O–H groups in total. The van der Waals surface area contributed by atoms with Gasteiger partial charge in [0.05, 0.1) is 4.92 Å². The minimum atomic E-state index is -0.490. The van der Waals surface area contributed by atoms with Crippen LogP contribution in [-0.2, 0) is 0 Å². The second-order valence-electron chi connectivity index (χ2n) is 3.48. The fraction of sp³-hybridized carbons (Fsp3) is 0.400. The third-order valence-electron chi connectivity index (χ3n) is 2.10. The van der Waals surface area contributed by atoms with Crippen molar-refractivity contribution in [2.45, 2.75) is 0 Å². The third kappa shape index (κ3) is 4.04. The van der Waals surface area contributed by atoms with Gasteiger partial charge in [-0.05, 0) is 5.57 Å². The first-order chi connectivity index (χ1) is 7.61.